The van der Waals surface area contributed by atoms with Crippen molar-refractivity contribution in [1.29, 1.82) is 0 Å². The highest BCUT2D eigenvalue weighted by Crippen LogP contribution is 2.29. The first-order valence-electron chi connectivity index (χ1n) is 7.22. The van der Waals surface area contributed by atoms with Gasteiger partial charge in [0.1, 0.15) is 5.75 Å². The molecule has 1 aliphatic heterocycles. The van der Waals surface area contributed by atoms with Gasteiger partial charge >= 0.3 is 0 Å². The molecule has 1 saturated heterocycles. The summed E-state index contributed by atoms with van der Waals surface area (Å²) in [6, 6.07) is 3.93. The van der Waals surface area contributed by atoms with E-state index in [-0.39, 0.29) is 5.92 Å². The third-order valence-electron chi connectivity index (χ3n) is 3.86. The maximum Gasteiger partial charge on any atom is 0.211 e. The van der Waals surface area contributed by atoms with E-state index < -0.39 is 10.0 Å². The van der Waals surface area contributed by atoms with Crippen LogP contribution in [0.15, 0.2) is 12.1 Å². The van der Waals surface area contributed by atoms with Gasteiger partial charge in [0, 0.05) is 19.0 Å². The zero-order chi connectivity index (χ0) is 15.6. The van der Waals surface area contributed by atoms with Crippen LogP contribution in [0, 0.1) is 19.8 Å². The molecule has 0 aliphatic carbocycles. The van der Waals surface area contributed by atoms with E-state index in [1.165, 1.54) is 10.6 Å². The van der Waals surface area contributed by atoms with Gasteiger partial charge in [-0.1, -0.05) is 6.07 Å². The Bertz CT molecular complexity index is 590. The molecule has 0 aromatic heterocycles. The molecule has 0 radical (unpaired) electrons. The number of ether oxygens (including phenoxy) is 1. The van der Waals surface area contributed by atoms with Crippen molar-refractivity contribution in [3.05, 3.63) is 23.3 Å². The molecule has 1 heterocycles. The number of aryl methyl sites for hydroxylation is 2. The Morgan fingerprint density at radius 3 is 2.71 bits per heavy atom. The second-order valence-electron chi connectivity index (χ2n) is 5.94. The molecule has 0 spiro atoms. The number of nitrogen functional groups attached to an aromatic ring is 1. The van der Waals surface area contributed by atoms with Crippen molar-refractivity contribution in [3.63, 3.8) is 0 Å². The minimum absolute atomic E-state index is 0.216. The monoisotopic (exact) mass is 312 g/mol. The van der Waals surface area contributed by atoms with E-state index in [9.17, 15) is 8.42 Å². The van der Waals surface area contributed by atoms with Gasteiger partial charge in [-0.05, 0) is 43.9 Å². The Kier molecular flexibility index (Phi) is 4.78. The van der Waals surface area contributed by atoms with Gasteiger partial charge in [0.05, 0.1) is 18.6 Å². The molecule has 1 atom stereocenters. The van der Waals surface area contributed by atoms with Crippen LogP contribution in [0.25, 0.3) is 0 Å². The van der Waals surface area contributed by atoms with Gasteiger partial charge in [-0.15, -0.1) is 0 Å². The number of rotatable bonds is 4. The quantitative estimate of drug-likeness (QED) is 0.862. The highest BCUT2D eigenvalue weighted by atomic mass is 32.2. The Morgan fingerprint density at radius 2 is 2.10 bits per heavy atom. The number of piperidine rings is 1. The zero-order valence-corrected chi connectivity index (χ0v) is 13.7. The fourth-order valence-electron chi connectivity index (χ4n) is 2.85. The van der Waals surface area contributed by atoms with Gasteiger partial charge in [0.2, 0.25) is 10.0 Å². The van der Waals surface area contributed by atoms with Crippen molar-refractivity contribution in [1.82, 2.24) is 4.31 Å². The van der Waals surface area contributed by atoms with Crippen LogP contribution in [0.3, 0.4) is 0 Å². The minimum atomic E-state index is -3.11. The molecule has 1 unspecified atom stereocenters. The summed E-state index contributed by atoms with van der Waals surface area (Å²) in [5.41, 5.74) is 8.77. The summed E-state index contributed by atoms with van der Waals surface area (Å²) in [6.45, 7) is 5.62. The van der Waals surface area contributed by atoms with Gasteiger partial charge in [0.25, 0.3) is 0 Å². The predicted molar refractivity (Wildman–Crippen MR) is 85.0 cm³/mol. The molecule has 2 N–H and O–H groups in total. The molecular weight excluding hydrogens is 288 g/mol. The number of hydrogen-bond acceptors (Lipinski definition) is 4. The van der Waals surface area contributed by atoms with E-state index >= 15 is 0 Å². The molecule has 1 aromatic rings. The lowest BCUT2D eigenvalue weighted by molar-refractivity contribution is 0.180. The molecule has 1 aliphatic rings. The highest BCUT2D eigenvalue weighted by Gasteiger charge is 2.26. The maximum atomic E-state index is 11.6. The Balaban J connectivity index is 2.00. The average molecular weight is 312 g/mol. The topological polar surface area (TPSA) is 72.6 Å². The van der Waals surface area contributed by atoms with E-state index in [2.05, 4.69) is 0 Å². The summed E-state index contributed by atoms with van der Waals surface area (Å²) in [5.74, 6) is 0.936. The van der Waals surface area contributed by atoms with Crippen LogP contribution in [0.5, 0.6) is 5.75 Å². The summed E-state index contributed by atoms with van der Waals surface area (Å²) < 4.78 is 30.6. The van der Waals surface area contributed by atoms with Crippen LogP contribution in [-0.4, -0.2) is 38.7 Å². The lowest BCUT2D eigenvalue weighted by atomic mass is 10.0. The third kappa shape index (κ3) is 4.11. The highest BCUT2D eigenvalue weighted by molar-refractivity contribution is 7.88. The third-order valence-corrected chi connectivity index (χ3v) is 5.13. The fraction of sp³-hybridized carbons (Fsp3) is 0.600. The van der Waals surface area contributed by atoms with Gasteiger partial charge in [0.15, 0.2) is 0 Å². The fourth-order valence-corrected chi connectivity index (χ4v) is 3.79. The first kappa shape index (κ1) is 16.1. The molecule has 0 bridgehead atoms. The SMILES string of the molecule is Cc1cc(C)c(OCC2CCCN(S(C)(=O)=O)C2)c(N)c1. The Labute approximate surface area is 127 Å². The van der Waals surface area contributed by atoms with Crippen molar-refractivity contribution in [2.45, 2.75) is 26.7 Å². The smallest absolute Gasteiger partial charge is 0.211 e. The van der Waals surface area contributed by atoms with E-state index in [1.54, 1.807) is 0 Å². The molecular formula is C15H24N2O3S. The molecule has 6 heteroatoms. The number of nitrogens with two attached hydrogens (primary N) is 1. The second-order valence-corrected chi connectivity index (χ2v) is 7.92. The van der Waals surface area contributed by atoms with Crippen LogP contribution in [0.4, 0.5) is 5.69 Å². The van der Waals surface area contributed by atoms with Gasteiger partial charge < -0.3 is 10.5 Å². The van der Waals surface area contributed by atoms with Crippen molar-refractivity contribution in [2.24, 2.45) is 5.92 Å². The predicted octanol–water partition coefficient (Wildman–Crippen LogP) is 1.94. The average Bonchev–Trinajstić information content (AvgIpc) is 2.36. The van der Waals surface area contributed by atoms with Crippen LogP contribution in [0.1, 0.15) is 24.0 Å². The molecule has 1 fully saturated rings. The molecule has 1 aromatic carbocycles. The normalized spacial score (nSPS) is 20.4. The number of anilines is 1. The van der Waals surface area contributed by atoms with Crippen molar-refractivity contribution < 1.29 is 13.2 Å². The number of hydrogen-bond donors (Lipinski definition) is 1. The summed E-state index contributed by atoms with van der Waals surface area (Å²) in [7, 11) is -3.11. The summed E-state index contributed by atoms with van der Waals surface area (Å²) in [6.07, 6.45) is 3.12. The van der Waals surface area contributed by atoms with Crippen LogP contribution < -0.4 is 10.5 Å². The maximum absolute atomic E-state index is 11.6. The van der Waals surface area contributed by atoms with E-state index in [0.29, 0.717) is 25.4 Å². The van der Waals surface area contributed by atoms with Gasteiger partial charge in [-0.3, -0.25) is 0 Å². The van der Waals surface area contributed by atoms with Crippen LogP contribution >= 0.6 is 0 Å². The molecule has 0 amide bonds. The van der Waals surface area contributed by atoms with E-state index in [0.717, 1.165) is 29.7 Å². The molecule has 21 heavy (non-hydrogen) atoms. The van der Waals surface area contributed by atoms with Crippen molar-refractivity contribution in [2.75, 3.05) is 31.7 Å². The molecule has 5 nitrogen and oxygen atoms in total. The lowest BCUT2D eigenvalue weighted by Crippen LogP contribution is -2.41. The summed E-state index contributed by atoms with van der Waals surface area (Å²) in [4.78, 5) is 0. The first-order chi connectivity index (χ1) is 9.77. The number of sulfonamides is 1. The van der Waals surface area contributed by atoms with Gasteiger partial charge in [-0.25, -0.2) is 12.7 Å². The zero-order valence-electron chi connectivity index (χ0n) is 12.9. The molecule has 118 valence electrons. The van der Waals surface area contributed by atoms with Gasteiger partial charge in [-0.2, -0.15) is 0 Å². The Hall–Kier alpha value is -1.27. The first-order valence-corrected chi connectivity index (χ1v) is 9.07. The summed E-state index contributed by atoms with van der Waals surface area (Å²) >= 11 is 0. The Morgan fingerprint density at radius 1 is 1.38 bits per heavy atom. The largest absolute Gasteiger partial charge is 0.491 e. The second kappa shape index (κ2) is 6.23. The summed E-state index contributed by atoms with van der Waals surface area (Å²) in [5, 5.41) is 0. The standard InChI is InChI=1S/C15H24N2O3S/c1-11-7-12(2)15(14(16)8-11)20-10-13-5-4-6-17(9-13)21(3,18)19/h7-8,13H,4-6,9-10,16H2,1-3H3. The van der Waals surface area contributed by atoms with E-state index in [4.69, 9.17) is 10.5 Å². The number of nitrogens with zero attached hydrogens (tertiary/aromatic N) is 1. The minimum Gasteiger partial charge on any atom is -0.491 e. The lowest BCUT2D eigenvalue weighted by Gasteiger charge is -2.31. The molecule has 0 saturated carbocycles. The van der Waals surface area contributed by atoms with E-state index in [1.807, 2.05) is 26.0 Å². The van der Waals surface area contributed by atoms with Crippen molar-refractivity contribution in [3.8, 4) is 5.75 Å². The van der Waals surface area contributed by atoms with Crippen LogP contribution in [0.2, 0.25) is 0 Å². The molecule has 2 rings (SSSR count). The van der Waals surface area contributed by atoms with Crippen molar-refractivity contribution >= 4 is 15.7 Å². The van der Waals surface area contributed by atoms with Crippen LogP contribution in [-0.2, 0) is 10.0 Å². The number of benzene rings is 1.